The van der Waals surface area contributed by atoms with Crippen LogP contribution in [0.5, 0.6) is 0 Å². The highest BCUT2D eigenvalue weighted by atomic mass is 32.2. The summed E-state index contributed by atoms with van der Waals surface area (Å²) >= 11 is 0. The Morgan fingerprint density at radius 2 is 1.91 bits per heavy atom. The van der Waals surface area contributed by atoms with E-state index in [2.05, 4.69) is 5.32 Å². The average Bonchev–Trinajstić information content (AvgIpc) is 2.48. The maximum Gasteiger partial charge on any atom is 0.221 e. The third kappa shape index (κ3) is 8.06. The highest BCUT2D eigenvalue weighted by Crippen LogP contribution is 2.03. The second-order valence-corrected chi connectivity index (χ2v) is 7.11. The van der Waals surface area contributed by atoms with Gasteiger partial charge in [0.25, 0.3) is 0 Å². The van der Waals surface area contributed by atoms with E-state index in [1.165, 1.54) is 23.5 Å². The summed E-state index contributed by atoms with van der Waals surface area (Å²) in [6.07, 6.45) is 1.78. The van der Waals surface area contributed by atoms with E-state index in [0.717, 1.165) is 11.8 Å². The molecule has 0 spiro atoms. The van der Waals surface area contributed by atoms with Crippen LogP contribution < -0.4 is 5.32 Å². The third-order valence-electron chi connectivity index (χ3n) is 3.25. The van der Waals surface area contributed by atoms with Crippen molar-refractivity contribution in [1.82, 2.24) is 9.62 Å². The van der Waals surface area contributed by atoms with Gasteiger partial charge in [0.05, 0.1) is 12.9 Å². The summed E-state index contributed by atoms with van der Waals surface area (Å²) in [4.78, 5) is 11.8. The fourth-order valence-electron chi connectivity index (χ4n) is 1.95. The number of nitrogens with one attached hydrogen (secondary N) is 1. The lowest BCUT2D eigenvalue weighted by atomic mass is 10.1. The van der Waals surface area contributed by atoms with Crippen molar-refractivity contribution in [3.05, 3.63) is 35.6 Å². The van der Waals surface area contributed by atoms with E-state index in [9.17, 15) is 17.6 Å². The number of nitrogens with zero attached hydrogens (tertiary/aromatic N) is 1. The summed E-state index contributed by atoms with van der Waals surface area (Å²) in [6.45, 7) is 1.03. The number of hydrogen-bond donors (Lipinski definition) is 1. The van der Waals surface area contributed by atoms with Crippen LogP contribution in [0.2, 0.25) is 0 Å². The molecule has 1 aromatic carbocycles. The Kier molecular flexibility index (Phi) is 8.15. The van der Waals surface area contributed by atoms with Crippen LogP contribution in [-0.4, -0.2) is 58.2 Å². The number of methoxy groups -OCH3 is 1. The minimum atomic E-state index is -3.36. The molecule has 0 aromatic heterocycles. The summed E-state index contributed by atoms with van der Waals surface area (Å²) in [5.74, 6) is -0.520. The highest BCUT2D eigenvalue weighted by Gasteiger charge is 2.17. The topological polar surface area (TPSA) is 75.7 Å². The van der Waals surface area contributed by atoms with Crippen molar-refractivity contribution in [2.24, 2.45) is 0 Å². The first-order valence-electron chi connectivity index (χ1n) is 7.28. The molecule has 0 aliphatic carbocycles. The van der Waals surface area contributed by atoms with Gasteiger partial charge in [-0.25, -0.2) is 12.8 Å². The van der Waals surface area contributed by atoms with Gasteiger partial charge in [-0.2, -0.15) is 4.31 Å². The van der Waals surface area contributed by atoms with E-state index >= 15 is 0 Å². The van der Waals surface area contributed by atoms with Gasteiger partial charge in [0, 0.05) is 33.2 Å². The molecule has 0 aliphatic heterocycles. The predicted octanol–water partition coefficient (Wildman–Crippen LogP) is 0.783. The van der Waals surface area contributed by atoms with Crippen LogP contribution in [0.15, 0.2) is 24.3 Å². The zero-order chi connectivity index (χ0) is 17.3. The minimum absolute atomic E-state index is 0.0835. The normalized spacial score (nSPS) is 11.7. The molecule has 0 aliphatic rings. The molecule has 6 nitrogen and oxygen atoms in total. The molecule has 1 amide bonds. The zero-order valence-electron chi connectivity index (χ0n) is 13.4. The largest absolute Gasteiger partial charge is 0.383 e. The molecule has 23 heavy (non-hydrogen) atoms. The smallest absolute Gasteiger partial charge is 0.221 e. The van der Waals surface area contributed by atoms with Crippen molar-refractivity contribution in [2.45, 2.75) is 12.8 Å². The third-order valence-corrected chi connectivity index (χ3v) is 4.55. The van der Waals surface area contributed by atoms with Crippen LogP contribution in [-0.2, 0) is 26.0 Å². The molecule has 1 rings (SSSR count). The summed E-state index contributed by atoms with van der Waals surface area (Å²) in [7, 11) is -1.87. The zero-order valence-corrected chi connectivity index (χ0v) is 14.2. The minimum Gasteiger partial charge on any atom is -0.383 e. The second-order valence-electron chi connectivity index (χ2n) is 5.13. The Balaban J connectivity index is 2.33. The predicted molar refractivity (Wildman–Crippen MR) is 86.0 cm³/mol. The molecular weight excluding hydrogens is 323 g/mol. The van der Waals surface area contributed by atoms with Crippen molar-refractivity contribution in [3.63, 3.8) is 0 Å². The fourth-order valence-corrected chi connectivity index (χ4v) is 2.78. The van der Waals surface area contributed by atoms with E-state index in [-0.39, 0.29) is 37.8 Å². The van der Waals surface area contributed by atoms with Gasteiger partial charge < -0.3 is 10.1 Å². The molecule has 8 heteroatoms. The molecule has 0 atom stereocenters. The molecule has 1 aromatic rings. The lowest BCUT2D eigenvalue weighted by molar-refractivity contribution is -0.121. The van der Waals surface area contributed by atoms with Crippen LogP contribution in [0.25, 0.3) is 0 Å². The van der Waals surface area contributed by atoms with Gasteiger partial charge >= 0.3 is 0 Å². The molecule has 0 unspecified atom stereocenters. The van der Waals surface area contributed by atoms with Crippen LogP contribution in [0.1, 0.15) is 12.0 Å². The number of ether oxygens (including phenoxy) is 1. The van der Waals surface area contributed by atoms with Gasteiger partial charge in [-0.3, -0.25) is 4.79 Å². The van der Waals surface area contributed by atoms with Crippen molar-refractivity contribution < 1.29 is 22.3 Å². The number of halogens is 1. The summed E-state index contributed by atoms with van der Waals surface area (Å²) < 4.78 is 42.0. The highest BCUT2D eigenvalue weighted by molar-refractivity contribution is 7.88. The Morgan fingerprint density at radius 1 is 1.26 bits per heavy atom. The van der Waals surface area contributed by atoms with E-state index < -0.39 is 10.0 Å². The first-order chi connectivity index (χ1) is 10.8. The van der Waals surface area contributed by atoms with Gasteiger partial charge in [0.2, 0.25) is 15.9 Å². The van der Waals surface area contributed by atoms with Crippen molar-refractivity contribution >= 4 is 15.9 Å². The summed E-state index contributed by atoms with van der Waals surface area (Å²) in [6, 6.07) is 6.07. The number of rotatable bonds is 10. The maximum absolute atomic E-state index is 12.8. The first kappa shape index (κ1) is 19.5. The number of hydrogen-bond acceptors (Lipinski definition) is 4. The number of amides is 1. The van der Waals surface area contributed by atoms with E-state index in [1.807, 2.05) is 0 Å². The van der Waals surface area contributed by atoms with E-state index in [4.69, 9.17) is 4.74 Å². The molecule has 0 saturated heterocycles. The molecular formula is C15H23FN2O4S. The Labute approximate surface area is 136 Å². The fraction of sp³-hybridized carbons (Fsp3) is 0.533. The molecule has 0 fully saturated rings. The van der Waals surface area contributed by atoms with E-state index in [1.54, 1.807) is 12.1 Å². The van der Waals surface area contributed by atoms with Gasteiger partial charge in [-0.15, -0.1) is 0 Å². The van der Waals surface area contributed by atoms with Crippen LogP contribution in [0.4, 0.5) is 4.39 Å². The van der Waals surface area contributed by atoms with Crippen LogP contribution >= 0.6 is 0 Å². The number of carbonyl (C=O) groups is 1. The monoisotopic (exact) mass is 346 g/mol. The number of benzene rings is 1. The van der Waals surface area contributed by atoms with Crippen molar-refractivity contribution in [3.8, 4) is 0 Å². The quantitative estimate of drug-likeness (QED) is 0.679. The molecule has 1 N–H and O–H groups in total. The van der Waals surface area contributed by atoms with Crippen molar-refractivity contribution in [2.75, 3.05) is 39.6 Å². The van der Waals surface area contributed by atoms with Gasteiger partial charge in [0.15, 0.2) is 0 Å². The first-order valence-corrected chi connectivity index (χ1v) is 9.13. The Hall–Kier alpha value is -1.51. The average molecular weight is 346 g/mol. The Bertz CT molecular complexity index is 590. The van der Waals surface area contributed by atoms with Crippen LogP contribution in [0, 0.1) is 5.82 Å². The van der Waals surface area contributed by atoms with Crippen molar-refractivity contribution in [1.29, 1.82) is 0 Å². The molecule has 130 valence electrons. The molecule has 0 radical (unpaired) electrons. The molecule has 0 bridgehead atoms. The maximum atomic E-state index is 12.8. The van der Waals surface area contributed by atoms with Gasteiger partial charge in [-0.05, 0) is 24.1 Å². The molecule has 0 saturated carbocycles. The Morgan fingerprint density at radius 3 is 2.48 bits per heavy atom. The van der Waals surface area contributed by atoms with E-state index in [0.29, 0.717) is 13.0 Å². The summed E-state index contributed by atoms with van der Waals surface area (Å²) in [5, 5.41) is 2.72. The molecule has 0 heterocycles. The number of carbonyl (C=O) groups excluding carboxylic acids is 1. The van der Waals surface area contributed by atoms with Gasteiger partial charge in [-0.1, -0.05) is 12.1 Å². The summed E-state index contributed by atoms with van der Waals surface area (Å²) in [5.41, 5.74) is 0.921. The lowest BCUT2D eigenvalue weighted by Crippen LogP contribution is -2.37. The van der Waals surface area contributed by atoms with Gasteiger partial charge in [0.1, 0.15) is 5.82 Å². The number of sulfonamides is 1. The standard InChI is InChI=1S/C15H23FN2O4S/c1-22-12-11-18(23(2,20)21)10-8-15(19)17-9-7-13-3-5-14(16)6-4-13/h3-6H,7-12H2,1-2H3,(H,17,19). The SMILES string of the molecule is COCCN(CCC(=O)NCCc1ccc(F)cc1)S(C)(=O)=O. The van der Waals surface area contributed by atoms with Crippen LogP contribution in [0.3, 0.4) is 0 Å². The lowest BCUT2D eigenvalue weighted by Gasteiger charge is -2.19. The second kappa shape index (κ2) is 9.59.